The van der Waals surface area contributed by atoms with Gasteiger partial charge >= 0.3 is 12.1 Å². The van der Waals surface area contributed by atoms with E-state index in [9.17, 15) is 36.3 Å². The number of imidazole rings is 1. The highest BCUT2D eigenvalue weighted by atomic mass is 19.4. The molecule has 1 unspecified atom stereocenters. The van der Waals surface area contributed by atoms with Gasteiger partial charge in [-0.15, -0.1) is 0 Å². The van der Waals surface area contributed by atoms with E-state index in [1.54, 1.807) is 13.8 Å². The molecular formula is C28H32F6N6O5. The Balaban J connectivity index is 1.73. The van der Waals surface area contributed by atoms with Crippen molar-refractivity contribution >= 4 is 28.8 Å². The fourth-order valence-corrected chi connectivity index (χ4v) is 5.40. The molecule has 1 saturated carbocycles. The number of fused-ring (bicyclic) bond motifs is 1. The maximum atomic E-state index is 16.0. The summed E-state index contributed by atoms with van der Waals surface area (Å²) in [6.07, 6.45) is -7.63. The number of amides is 2. The molecule has 246 valence electrons. The number of halogens is 6. The number of aromatic amines is 1. The van der Waals surface area contributed by atoms with Crippen LogP contribution in [0.15, 0.2) is 16.8 Å². The van der Waals surface area contributed by atoms with Crippen LogP contribution in [-0.2, 0) is 14.3 Å². The van der Waals surface area contributed by atoms with Gasteiger partial charge in [0.25, 0.3) is 5.91 Å². The highest BCUT2D eigenvalue weighted by molar-refractivity contribution is 5.93. The number of ether oxygens (including phenoxy) is 1. The third-order valence-corrected chi connectivity index (χ3v) is 7.87. The maximum Gasteiger partial charge on any atom is 0.390 e. The first-order chi connectivity index (χ1) is 21.0. The van der Waals surface area contributed by atoms with Gasteiger partial charge in [0.2, 0.25) is 11.8 Å². The molecule has 0 spiro atoms. The maximum absolute atomic E-state index is 16.0. The SMILES string of the molecule is COC(=O)[C@H](NC(=O)C(CC(F)(F)F)c1ccc2[nH]c([C@@H](NC(=O)c3nonc3C)C3CCC(F)(F)CC3)nc2c1F)C(C)C. The molecule has 1 fully saturated rings. The molecule has 3 atom stereocenters. The highest BCUT2D eigenvalue weighted by Crippen LogP contribution is 2.42. The van der Waals surface area contributed by atoms with Gasteiger partial charge in [0.15, 0.2) is 11.5 Å². The second-order valence-corrected chi connectivity index (χ2v) is 11.5. The second kappa shape index (κ2) is 13.0. The van der Waals surface area contributed by atoms with Gasteiger partial charge in [-0.1, -0.05) is 25.1 Å². The first kappa shape index (κ1) is 33.7. The van der Waals surface area contributed by atoms with Gasteiger partial charge in [-0.05, 0) is 42.8 Å². The van der Waals surface area contributed by atoms with Crippen LogP contribution in [-0.4, -0.2) is 63.3 Å². The van der Waals surface area contributed by atoms with Crippen molar-refractivity contribution in [2.24, 2.45) is 11.8 Å². The van der Waals surface area contributed by atoms with Crippen molar-refractivity contribution in [1.29, 1.82) is 0 Å². The molecule has 2 amide bonds. The number of H-pyrrole nitrogens is 1. The number of rotatable bonds is 10. The first-order valence-corrected chi connectivity index (χ1v) is 14.1. The molecule has 3 N–H and O–H groups in total. The molecule has 4 rings (SSSR count). The fourth-order valence-electron chi connectivity index (χ4n) is 5.40. The lowest BCUT2D eigenvalue weighted by atomic mass is 9.81. The highest BCUT2D eigenvalue weighted by Gasteiger charge is 2.42. The zero-order chi connectivity index (χ0) is 33.3. The normalized spacial score (nSPS) is 17.6. The van der Waals surface area contributed by atoms with E-state index in [0.29, 0.717) is 0 Å². The van der Waals surface area contributed by atoms with Crippen LogP contribution in [0, 0.1) is 24.6 Å². The number of carbonyl (C=O) groups excluding carboxylic acids is 3. The van der Waals surface area contributed by atoms with E-state index in [-0.39, 0.29) is 35.6 Å². The summed E-state index contributed by atoms with van der Waals surface area (Å²) in [5.41, 5.74) is -1.06. The van der Waals surface area contributed by atoms with Crippen LogP contribution < -0.4 is 10.6 Å². The average Bonchev–Trinajstić information content (AvgIpc) is 3.59. The molecular weight excluding hydrogens is 614 g/mol. The third-order valence-electron chi connectivity index (χ3n) is 7.87. The van der Waals surface area contributed by atoms with E-state index in [1.807, 2.05) is 0 Å². The number of hydrogen-bond donors (Lipinski definition) is 3. The molecule has 1 aliphatic carbocycles. The zero-order valence-electron chi connectivity index (χ0n) is 24.7. The number of aromatic nitrogens is 4. The van der Waals surface area contributed by atoms with Crippen molar-refractivity contribution in [2.75, 3.05) is 7.11 Å². The number of nitrogens with zero attached hydrogens (tertiary/aromatic N) is 3. The van der Waals surface area contributed by atoms with Crippen LogP contribution in [0.4, 0.5) is 26.3 Å². The number of alkyl halides is 5. The van der Waals surface area contributed by atoms with Crippen LogP contribution in [0.3, 0.4) is 0 Å². The Morgan fingerprint density at radius 3 is 2.36 bits per heavy atom. The van der Waals surface area contributed by atoms with Crippen molar-refractivity contribution in [3.63, 3.8) is 0 Å². The topological polar surface area (TPSA) is 152 Å². The van der Waals surface area contributed by atoms with Gasteiger partial charge in [0, 0.05) is 18.4 Å². The number of methoxy groups -OCH3 is 1. The van der Waals surface area contributed by atoms with Crippen LogP contribution in [0.1, 0.15) is 85.5 Å². The Morgan fingerprint density at radius 2 is 1.80 bits per heavy atom. The van der Waals surface area contributed by atoms with Gasteiger partial charge < -0.3 is 20.4 Å². The summed E-state index contributed by atoms with van der Waals surface area (Å²) >= 11 is 0. The summed E-state index contributed by atoms with van der Waals surface area (Å²) in [6, 6.07) is -0.128. The minimum atomic E-state index is -4.90. The zero-order valence-corrected chi connectivity index (χ0v) is 24.7. The lowest BCUT2D eigenvalue weighted by Crippen LogP contribution is -2.47. The Labute approximate surface area is 252 Å². The summed E-state index contributed by atoms with van der Waals surface area (Å²) in [7, 11) is 1.05. The number of nitrogens with one attached hydrogen (secondary N) is 3. The number of benzene rings is 1. The molecule has 1 aromatic carbocycles. The van der Waals surface area contributed by atoms with Gasteiger partial charge in [-0.3, -0.25) is 9.59 Å². The van der Waals surface area contributed by atoms with Gasteiger partial charge in [-0.25, -0.2) is 27.6 Å². The predicted octanol–water partition coefficient (Wildman–Crippen LogP) is 5.04. The molecule has 0 aliphatic heterocycles. The number of aryl methyl sites for hydroxylation is 1. The molecule has 11 nitrogen and oxygen atoms in total. The largest absolute Gasteiger partial charge is 0.467 e. The summed E-state index contributed by atoms with van der Waals surface area (Å²) in [5, 5.41) is 12.0. The third kappa shape index (κ3) is 7.73. The second-order valence-electron chi connectivity index (χ2n) is 11.5. The molecule has 3 aromatic rings. The Morgan fingerprint density at radius 1 is 1.13 bits per heavy atom. The van der Waals surface area contributed by atoms with Crippen molar-refractivity contribution < 1.29 is 50.1 Å². The Kier molecular flexibility index (Phi) is 9.77. The summed E-state index contributed by atoms with van der Waals surface area (Å²) < 4.78 is 94.0. The molecule has 17 heteroatoms. The van der Waals surface area contributed by atoms with Crippen molar-refractivity contribution in [3.05, 3.63) is 40.7 Å². The minimum Gasteiger partial charge on any atom is -0.467 e. The summed E-state index contributed by atoms with van der Waals surface area (Å²) in [5.74, 6) is -10.3. The molecule has 2 heterocycles. The molecule has 0 saturated heterocycles. The first-order valence-electron chi connectivity index (χ1n) is 14.1. The Hall–Kier alpha value is -4.18. The predicted molar refractivity (Wildman–Crippen MR) is 144 cm³/mol. The van der Waals surface area contributed by atoms with Crippen molar-refractivity contribution in [3.8, 4) is 0 Å². The standard InChI is InChI=1S/C28H32F6N6O5/c1-12(2)19(26(43)44-4)37-24(41)16(11-28(32,33)34)15-5-6-17-22(18(15)29)36-23(35-17)21(14-7-9-27(30,31)10-8-14)38-25(42)20-13(3)39-45-40-20/h5-6,12,14,16,19,21H,7-11H2,1-4H3,(H,35,36)(H,37,41)(H,38,42)/t16?,19-,21+/m1/s1. The van der Waals surface area contributed by atoms with E-state index in [4.69, 9.17) is 0 Å². The quantitative estimate of drug-likeness (QED) is 0.205. The van der Waals surface area contributed by atoms with Crippen molar-refractivity contribution in [2.45, 2.75) is 83.0 Å². The van der Waals surface area contributed by atoms with Crippen LogP contribution in [0.5, 0.6) is 0 Å². The summed E-state index contributed by atoms with van der Waals surface area (Å²) in [4.78, 5) is 45.3. The molecule has 0 radical (unpaired) electrons. The molecule has 1 aliphatic rings. The van der Waals surface area contributed by atoms with Crippen molar-refractivity contribution in [1.82, 2.24) is 30.9 Å². The van der Waals surface area contributed by atoms with E-state index in [1.165, 1.54) is 13.0 Å². The lowest BCUT2D eigenvalue weighted by molar-refractivity contribution is -0.151. The van der Waals surface area contributed by atoms with Gasteiger partial charge in [-0.2, -0.15) is 13.2 Å². The smallest absolute Gasteiger partial charge is 0.390 e. The molecule has 0 bridgehead atoms. The average molecular weight is 647 g/mol. The minimum absolute atomic E-state index is 0.0201. The van der Waals surface area contributed by atoms with Gasteiger partial charge in [0.05, 0.1) is 31.0 Å². The molecule has 2 aromatic heterocycles. The van der Waals surface area contributed by atoms with E-state index in [0.717, 1.165) is 13.2 Å². The Bertz CT molecular complexity index is 1540. The van der Waals surface area contributed by atoms with E-state index in [2.05, 4.69) is 40.3 Å². The van der Waals surface area contributed by atoms with E-state index < -0.39 is 95.9 Å². The van der Waals surface area contributed by atoms with Gasteiger partial charge in [0.1, 0.15) is 23.1 Å². The number of carbonyl (C=O) groups is 3. The molecule has 45 heavy (non-hydrogen) atoms. The lowest BCUT2D eigenvalue weighted by Gasteiger charge is -2.33. The van der Waals surface area contributed by atoms with Crippen LogP contribution >= 0.6 is 0 Å². The summed E-state index contributed by atoms with van der Waals surface area (Å²) in [6.45, 7) is 4.55. The fraction of sp³-hybridized carbons (Fsp3) is 0.571. The van der Waals surface area contributed by atoms with Crippen LogP contribution in [0.25, 0.3) is 11.0 Å². The monoisotopic (exact) mass is 646 g/mol. The number of esters is 1. The number of hydrogen-bond acceptors (Lipinski definition) is 8. The van der Waals surface area contributed by atoms with Crippen LogP contribution in [0.2, 0.25) is 0 Å². The van der Waals surface area contributed by atoms with E-state index >= 15 is 4.39 Å².